The summed E-state index contributed by atoms with van der Waals surface area (Å²) in [5, 5.41) is 3.33. The first kappa shape index (κ1) is 14.7. The van der Waals surface area contributed by atoms with Gasteiger partial charge in [0.15, 0.2) is 0 Å². The molecule has 5 heteroatoms. The molecule has 1 aliphatic heterocycles. The van der Waals surface area contributed by atoms with E-state index in [0.29, 0.717) is 0 Å². The molecule has 0 aromatic heterocycles. The van der Waals surface area contributed by atoms with Gasteiger partial charge in [0.25, 0.3) is 0 Å². The summed E-state index contributed by atoms with van der Waals surface area (Å²) in [4.78, 5) is 11.9. The molecule has 0 aliphatic carbocycles. The van der Waals surface area contributed by atoms with E-state index in [-0.39, 0.29) is 17.8 Å². The number of carbonyl (C=O) groups excluding carboxylic acids is 1. The van der Waals surface area contributed by atoms with Crippen LogP contribution >= 0.6 is 0 Å². The smallest absolute Gasteiger partial charge is 0.309 e. The number of ether oxygens (including phenoxy) is 3. The Kier molecular flexibility index (Phi) is 4.84. The van der Waals surface area contributed by atoms with E-state index < -0.39 is 0 Å². The minimum Gasteiger partial charge on any atom is -0.497 e. The van der Waals surface area contributed by atoms with E-state index in [2.05, 4.69) is 5.32 Å². The van der Waals surface area contributed by atoms with Crippen molar-refractivity contribution in [1.82, 2.24) is 5.32 Å². The van der Waals surface area contributed by atoms with Crippen molar-refractivity contribution in [3.8, 4) is 11.5 Å². The quantitative estimate of drug-likeness (QED) is 0.848. The fraction of sp³-hybridized carbons (Fsp3) is 0.533. The molecule has 1 N–H and O–H groups in total. The highest BCUT2D eigenvalue weighted by Gasteiger charge is 2.33. The monoisotopic (exact) mass is 279 g/mol. The SMILES string of the molecule is COC(=O)[C@H]1CCNC[C@@H]1c1cc(OC)cc(OC)c1. The number of carbonyl (C=O) groups is 1. The van der Waals surface area contributed by atoms with Gasteiger partial charge in [0.05, 0.1) is 27.2 Å². The summed E-state index contributed by atoms with van der Waals surface area (Å²) in [6, 6.07) is 5.74. The van der Waals surface area contributed by atoms with Gasteiger partial charge in [-0.1, -0.05) is 0 Å². The molecular weight excluding hydrogens is 258 g/mol. The largest absolute Gasteiger partial charge is 0.497 e. The molecule has 1 saturated heterocycles. The van der Waals surface area contributed by atoms with Gasteiger partial charge >= 0.3 is 5.97 Å². The summed E-state index contributed by atoms with van der Waals surface area (Å²) < 4.78 is 15.5. The van der Waals surface area contributed by atoms with Crippen LogP contribution in [0.1, 0.15) is 17.9 Å². The number of nitrogens with one attached hydrogen (secondary N) is 1. The number of methoxy groups -OCH3 is 3. The van der Waals surface area contributed by atoms with Crippen LogP contribution in [0.15, 0.2) is 18.2 Å². The van der Waals surface area contributed by atoms with Crippen LogP contribution in [0.5, 0.6) is 11.5 Å². The Balaban J connectivity index is 2.33. The second kappa shape index (κ2) is 6.61. The second-order valence-electron chi connectivity index (χ2n) is 4.87. The second-order valence-corrected chi connectivity index (χ2v) is 4.87. The third-order valence-corrected chi connectivity index (χ3v) is 3.79. The average Bonchev–Trinajstić information content (AvgIpc) is 2.53. The molecule has 0 saturated carbocycles. The summed E-state index contributed by atoms with van der Waals surface area (Å²) in [6.45, 7) is 1.58. The third kappa shape index (κ3) is 3.04. The number of esters is 1. The molecule has 0 spiro atoms. The molecule has 20 heavy (non-hydrogen) atoms. The lowest BCUT2D eigenvalue weighted by atomic mass is 9.81. The molecule has 1 heterocycles. The maximum absolute atomic E-state index is 11.9. The van der Waals surface area contributed by atoms with Gasteiger partial charge in [-0.2, -0.15) is 0 Å². The summed E-state index contributed by atoms with van der Waals surface area (Å²) in [5.41, 5.74) is 1.03. The lowest BCUT2D eigenvalue weighted by Crippen LogP contribution is -2.39. The number of hydrogen-bond acceptors (Lipinski definition) is 5. The van der Waals surface area contributed by atoms with Gasteiger partial charge < -0.3 is 19.5 Å². The number of piperidine rings is 1. The molecule has 5 nitrogen and oxygen atoms in total. The van der Waals surface area contributed by atoms with Crippen LogP contribution in [0.3, 0.4) is 0 Å². The highest BCUT2D eigenvalue weighted by molar-refractivity contribution is 5.74. The lowest BCUT2D eigenvalue weighted by molar-refractivity contribution is -0.147. The van der Waals surface area contributed by atoms with Crippen molar-refractivity contribution in [2.45, 2.75) is 12.3 Å². The molecule has 0 amide bonds. The predicted octanol–water partition coefficient (Wildman–Crippen LogP) is 1.57. The van der Waals surface area contributed by atoms with E-state index in [0.717, 1.165) is 36.6 Å². The summed E-state index contributed by atoms with van der Waals surface area (Å²) >= 11 is 0. The van der Waals surface area contributed by atoms with E-state index in [4.69, 9.17) is 14.2 Å². The molecule has 1 fully saturated rings. The van der Waals surface area contributed by atoms with E-state index in [9.17, 15) is 4.79 Å². The molecule has 2 rings (SSSR count). The minimum absolute atomic E-state index is 0.0696. The molecule has 0 bridgehead atoms. The van der Waals surface area contributed by atoms with Gasteiger partial charge in [0.1, 0.15) is 11.5 Å². The van der Waals surface area contributed by atoms with Crippen molar-refractivity contribution in [2.24, 2.45) is 5.92 Å². The molecule has 2 atom stereocenters. The Morgan fingerprint density at radius 2 is 1.80 bits per heavy atom. The van der Waals surface area contributed by atoms with E-state index in [1.807, 2.05) is 18.2 Å². The summed E-state index contributed by atoms with van der Waals surface area (Å²) in [7, 11) is 4.68. The summed E-state index contributed by atoms with van der Waals surface area (Å²) in [6.07, 6.45) is 0.775. The molecule has 1 aromatic rings. The molecule has 1 aliphatic rings. The van der Waals surface area contributed by atoms with E-state index in [1.165, 1.54) is 7.11 Å². The third-order valence-electron chi connectivity index (χ3n) is 3.79. The van der Waals surface area contributed by atoms with Crippen molar-refractivity contribution in [1.29, 1.82) is 0 Å². The molecular formula is C15H21NO4. The normalized spacial score (nSPS) is 22.1. The fourth-order valence-corrected chi connectivity index (χ4v) is 2.69. The maximum atomic E-state index is 11.9. The fourth-order valence-electron chi connectivity index (χ4n) is 2.69. The standard InChI is InChI=1S/C15H21NO4/c1-18-11-6-10(7-12(8-11)19-2)14-9-16-5-4-13(14)15(17)20-3/h6-8,13-14,16H,4-5,9H2,1-3H3/t13-,14+/m0/s1. The highest BCUT2D eigenvalue weighted by atomic mass is 16.5. The number of hydrogen-bond donors (Lipinski definition) is 1. The highest BCUT2D eigenvalue weighted by Crippen LogP contribution is 2.34. The first-order chi connectivity index (χ1) is 9.69. The molecule has 0 unspecified atom stereocenters. The first-order valence-electron chi connectivity index (χ1n) is 6.71. The summed E-state index contributed by atoms with van der Waals surface area (Å²) in [5.74, 6) is 1.25. The lowest BCUT2D eigenvalue weighted by Gasteiger charge is -2.31. The Morgan fingerprint density at radius 1 is 1.15 bits per heavy atom. The molecule has 1 aromatic carbocycles. The average molecular weight is 279 g/mol. The van der Waals surface area contributed by atoms with Crippen molar-refractivity contribution in [3.05, 3.63) is 23.8 Å². The number of benzene rings is 1. The van der Waals surface area contributed by atoms with Crippen LogP contribution in [0, 0.1) is 5.92 Å². The first-order valence-corrected chi connectivity index (χ1v) is 6.71. The van der Waals surface area contributed by atoms with Crippen LogP contribution in [0.25, 0.3) is 0 Å². The van der Waals surface area contributed by atoms with Crippen molar-refractivity contribution in [3.63, 3.8) is 0 Å². The van der Waals surface area contributed by atoms with E-state index >= 15 is 0 Å². The Hall–Kier alpha value is -1.75. The van der Waals surface area contributed by atoms with Gasteiger partial charge in [0.2, 0.25) is 0 Å². The van der Waals surface area contributed by atoms with Gasteiger partial charge in [-0.15, -0.1) is 0 Å². The van der Waals surface area contributed by atoms with E-state index in [1.54, 1.807) is 14.2 Å². The van der Waals surface area contributed by atoms with Crippen LogP contribution in [-0.4, -0.2) is 40.4 Å². The topological polar surface area (TPSA) is 56.8 Å². The zero-order valence-electron chi connectivity index (χ0n) is 12.1. The van der Waals surface area contributed by atoms with Gasteiger partial charge in [0, 0.05) is 18.5 Å². The minimum atomic E-state index is -0.154. The zero-order chi connectivity index (χ0) is 14.5. The Labute approximate surface area is 119 Å². The Bertz CT molecular complexity index is 453. The zero-order valence-corrected chi connectivity index (χ0v) is 12.1. The molecule has 110 valence electrons. The van der Waals surface area contributed by atoms with Crippen LogP contribution in [-0.2, 0) is 9.53 Å². The van der Waals surface area contributed by atoms with Crippen molar-refractivity contribution < 1.29 is 19.0 Å². The van der Waals surface area contributed by atoms with Crippen molar-refractivity contribution in [2.75, 3.05) is 34.4 Å². The number of rotatable bonds is 4. The van der Waals surface area contributed by atoms with Crippen LogP contribution in [0.2, 0.25) is 0 Å². The van der Waals surface area contributed by atoms with Crippen LogP contribution in [0.4, 0.5) is 0 Å². The predicted molar refractivity (Wildman–Crippen MR) is 75.3 cm³/mol. The van der Waals surface area contributed by atoms with Gasteiger partial charge in [-0.25, -0.2) is 0 Å². The Morgan fingerprint density at radius 3 is 2.35 bits per heavy atom. The van der Waals surface area contributed by atoms with Crippen molar-refractivity contribution >= 4 is 5.97 Å². The van der Waals surface area contributed by atoms with Crippen LogP contribution < -0.4 is 14.8 Å². The maximum Gasteiger partial charge on any atom is 0.309 e. The van der Waals surface area contributed by atoms with Gasteiger partial charge in [-0.05, 0) is 30.7 Å². The molecule has 0 radical (unpaired) electrons. The van der Waals surface area contributed by atoms with Gasteiger partial charge in [-0.3, -0.25) is 4.79 Å².